The molecule has 146 heavy (non-hydrogen) atoms. The van der Waals surface area contributed by atoms with Crippen molar-refractivity contribution in [1.82, 2.24) is 15.0 Å². The van der Waals surface area contributed by atoms with Gasteiger partial charge in [-0.1, -0.05) is 297 Å². The number of fused-ring (bicyclic) bond motifs is 12. The Labute approximate surface area is 847 Å². The molecule has 0 saturated heterocycles. The van der Waals surface area contributed by atoms with Crippen molar-refractivity contribution in [2.24, 2.45) is 0 Å². The van der Waals surface area contributed by atoms with E-state index in [0.29, 0.717) is 5.56 Å². The van der Waals surface area contributed by atoms with Crippen LogP contribution >= 0.6 is 22.7 Å². The molecule has 0 unspecified atom stereocenters. The second-order valence-corrected chi connectivity index (χ2v) is 39.8. The molecule has 30 aromatic rings. The van der Waals surface area contributed by atoms with E-state index in [1.54, 1.807) is 11.3 Å². The Morgan fingerprint density at radius 3 is 0.925 bits per heavy atom. The molecule has 0 aliphatic heterocycles. The Balaban J connectivity index is 0.000000106. The Bertz CT molecular complexity index is 10400. The minimum Gasteiger partial charge on any atom is -0.310 e. The van der Waals surface area contributed by atoms with Crippen molar-refractivity contribution in [3.63, 3.8) is 0 Å². The first-order chi connectivity index (χ1) is 72.2. The van der Waals surface area contributed by atoms with Crippen molar-refractivity contribution in [2.45, 2.75) is 0 Å². The molecular formula is C136H82FN7S2. The standard InChI is InChI=1S/C49H32N2.C44H25N3S.C43H25FN2S/c1-4-11-33(12-5-1)37-23-29-46(45(32-37)34-13-6-2-7-14-34)51(40-16-8-3-9-17-40)41-24-20-35(21-25-41)42-26-22-36-18-19-38-31-39-15-10-30-50-49(39)44-28-27-43(42)47(36)48(38)44;45-26-27-7-14-32(15-8-27)47(34-18-20-37-36-5-1-2-6-40(36)48-41(37)25-34)33-16-11-28(12-17-33)35-19-13-29-9-10-30-24-31-4-3-23-46-44(31)39-22-21-38(35)42(29)43(30)39;44-30-12-16-32(17-13-30)46(33-18-20-36-35-5-1-2-6-39(35)47-40(36)25-33)31-14-9-26(10-15-31)34-19-11-27-7-8-28-24-29-4-3-23-45-43(29)38-22-21-37(34)41(27)42(28)38/h1-32H;1-25H;1-25H. The summed E-state index contributed by atoms with van der Waals surface area (Å²) in [4.78, 5) is 21.2. The number of hydrogen-bond acceptors (Lipinski definition) is 9. The third-order valence-corrected chi connectivity index (χ3v) is 31.7. The number of benzene rings is 25. The van der Waals surface area contributed by atoms with Crippen LogP contribution < -0.4 is 14.7 Å². The number of thiophene rings is 2. The number of halogens is 1. The van der Waals surface area contributed by atoms with E-state index in [0.717, 1.165) is 84.1 Å². The zero-order chi connectivity index (χ0) is 96.6. The first kappa shape index (κ1) is 85.1. The quantitative estimate of drug-likeness (QED) is 0.0793. The molecule has 0 saturated carbocycles. The molecule has 0 aliphatic rings. The largest absolute Gasteiger partial charge is 0.310 e. The summed E-state index contributed by atoms with van der Waals surface area (Å²) in [5, 5.41) is 40.5. The predicted octanol–water partition coefficient (Wildman–Crippen LogP) is 38.9. The number of anilines is 9. The first-order valence-corrected chi connectivity index (χ1v) is 50.8. The van der Waals surface area contributed by atoms with Gasteiger partial charge in [0.2, 0.25) is 0 Å². The number of pyridine rings is 3. The summed E-state index contributed by atoms with van der Waals surface area (Å²) in [5.41, 5.74) is 25.1. The Kier molecular flexibility index (Phi) is 20.5. The average Bonchev–Trinajstić information content (AvgIpc) is 0.964. The van der Waals surface area contributed by atoms with Crippen molar-refractivity contribution >= 4 is 244 Å². The smallest absolute Gasteiger partial charge is 0.123 e. The van der Waals surface area contributed by atoms with Crippen LogP contribution in [-0.2, 0) is 0 Å². The number of nitrogens with zero attached hydrogens (tertiary/aromatic N) is 7. The highest BCUT2D eigenvalue weighted by Gasteiger charge is 2.26. The lowest BCUT2D eigenvalue weighted by Gasteiger charge is -2.28. The summed E-state index contributed by atoms with van der Waals surface area (Å²) >= 11 is 3.62. The van der Waals surface area contributed by atoms with Crippen molar-refractivity contribution in [2.75, 3.05) is 14.7 Å². The molecular weight excluding hydrogens is 1810 g/mol. The van der Waals surface area contributed by atoms with E-state index >= 15 is 0 Å². The number of para-hydroxylation sites is 1. The highest BCUT2D eigenvalue weighted by atomic mass is 32.1. The highest BCUT2D eigenvalue weighted by molar-refractivity contribution is 7.26. The van der Waals surface area contributed by atoms with Gasteiger partial charge in [-0.15, -0.1) is 22.7 Å². The van der Waals surface area contributed by atoms with Crippen LogP contribution in [0.4, 0.5) is 55.6 Å². The summed E-state index contributed by atoms with van der Waals surface area (Å²) < 4.78 is 19.1. The van der Waals surface area contributed by atoms with Gasteiger partial charge in [0.25, 0.3) is 0 Å². The number of aromatic nitrogens is 3. The molecule has 0 fully saturated rings. The second kappa shape index (κ2) is 35.1. The predicted molar refractivity (Wildman–Crippen MR) is 618 cm³/mol. The van der Waals surface area contributed by atoms with E-state index in [9.17, 15) is 9.65 Å². The van der Waals surface area contributed by atoms with Gasteiger partial charge in [-0.05, 0) is 313 Å². The van der Waals surface area contributed by atoms with Crippen molar-refractivity contribution < 1.29 is 4.39 Å². The van der Waals surface area contributed by atoms with E-state index < -0.39 is 0 Å². The lowest BCUT2D eigenvalue weighted by Crippen LogP contribution is -2.11. The van der Waals surface area contributed by atoms with Crippen LogP contribution in [0, 0.1) is 17.1 Å². The maximum Gasteiger partial charge on any atom is 0.123 e. The van der Waals surface area contributed by atoms with Gasteiger partial charge in [0.05, 0.1) is 33.9 Å². The molecule has 0 bridgehead atoms. The molecule has 0 aliphatic carbocycles. The van der Waals surface area contributed by atoms with Gasteiger partial charge in [-0.3, -0.25) is 15.0 Å². The molecule has 5 heterocycles. The summed E-state index contributed by atoms with van der Waals surface area (Å²) in [6.45, 7) is 0. The molecule has 0 N–H and O–H groups in total. The van der Waals surface area contributed by atoms with Gasteiger partial charge in [0.15, 0.2) is 0 Å². The van der Waals surface area contributed by atoms with Gasteiger partial charge in [0.1, 0.15) is 5.82 Å². The molecule has 0 spiro atoms. The van der Waals surface area contributed by atoms with Gasteiger partial charge >= 0.3 is 0 Å². The van der Waals surface area contributed by atoms with Crippen LogP contribution in [0.3, 0.4) is 0 Å². The Morgan fingerprint density at radius 2 is 0.507 bits per heavy atom. The summed E-state index contributed by atoms with van der Waals surface area (Å²) in [7, 11) is 0. The molecule has 30 rings (SSSR count). The van der Waals surface area contributed by atoms with Crippen LogP contribution in [-0.4, -0.2) is 15.0 Å². The lowest BCUT2D eigenvalue weighted by atomic mass is 9.89. The summed E-state index contributed by atoms with van der Waals surface area (Å²) in [6, 6.07) is 173. The summed E-state index contributed by atoms with van der Waals surface area (Å²) in [5.74, 6) is -0.248. The Hall–Kier alpha value is -18.9. The van der Waals surface area contributed by atoms with Crippen molar-refractivity contribution in [1.29, 1.82) is 5.26 Å². The number of nitriles is 1. The van der Waals surface area contributed by atoms with Crippen molar-refractivity contribution in [3.05, 3.63) is 509 Å². The number of rotatable bonds is 14. The van der Waals surface area contributed by atoms with E-state index in [1.807, 2.05) is 84.5 Å². The fourth-order valence-corrected chi connectivity index (χ4v) is 24.9. The van der Waals surface area contributed by atoms with Gasteiger partial charge in [0, 0.05) is 142 Å². The van der Waals surface area contributed by atoms with Crippen LogP contribution in [0.5, 0.6) is 0 Å². The Morgan fingerprint density at radius 1 is 0.199 bits per heavy atom. The lowest BCUT2D eigenvalue weighted by molar-refractivity contribution is 0.628. The second-order valence-electron chi connectivity index (χ2n) is 37.6. The van der Waals surface area contributed by atoms with Crippen LogP contribution in [0.1, 0.15) is 5.56 Å². The topological polar surface area (TPSA) is 72.2 Å². The third kappa shape index (κ3) is 14.5. The summed E-state index contributed by atoms with van der Waals surface area (Å²) in [6.07, 6.45) is 5.65. The van der Waals surface area contributed by atoms with E-state index in [-0.39, 0.29) is 5.82 Å². The fourth-order valence-electron chi connectivity index (χ4n) is 22.7. The number of hydrogen-bond donors (Lipinski definition) is 0. The van der Waals surface area contributed by atoms with Gasteiger partial charge in [-0.25, -0.2) is 4.39 Å². The third-order valence-electron chi connectivity index (χ3n) is 29.4. The van der Waals surface area contributed by atoms with Crippen LogP contribution in [0.25, 0.3) is 226 Å². The zero-order valence-electron chi connectivity index (χ0n) is 78.7. The molecule has 0 radical (unpaired) electrons. The van der Waals surface area contributed by atoms with Crippen molar-refractivity contribution in [3.8, 4) is 61.7 Å². The van der Waals surface area contributed by atoms with E-state index in [1.165, 1.54) is 205 Å². The SMILES string of the molecule is Fc1ccc(N(c2ccc(-c3ccc4ccc5cc6cccnc6c6ccc3c4c56)cc2)c2ccc3c(c2)sc2ccccc23)cc1.N#Cc1ccc(N(c2ccc(-c3ccc4ccc5cc6cccnc6c6ccc3c4c56)cc2)c2ccc3c(c2)sc2ccccc23)cc1.c1ccc(-c2ccc(N(c3ccccc3)c3ccc(-c4ccc5ccc6cc7cccnc7c7ccc4c5c67)cc3)c(-c3ccccc3)c2)cc1. The van der Waals surface area contributed by atoms with Crippen LogP contribution in [0.15, 0.2) is 498 Å². The monoisotopic (exact) mass is 1900 g/mol. The minimum atomic E-state index is -0.248. The average molecular weight is 1900 g/mol. The van der Waals surface area contributed by atoms with Gasteiger partial charge in [-0.2, -0.15) is 5.26 Å². The fraction of sp³-hybridized carbons (Fsp3) is 0. The normalized spacial score (nSPS) is 11.7. The van der Waals surface area contributed by atoms with E-state index in [4.69, 9.17) is 15.0 Å². The van der Waals surface area contributed by atoms with E-state index in [2.05, 4.69) is 433 Å². The molecule has 5 aromatic heterocycles. The molecule has 0 amide bonds. The molecule has 7 nitrogen and oxygen atoms in total. The maximum atomic E-state index is 14.1. The minimum absolute atomic E-state index is 0.248. The van der Waals surface area contributed by atoms with Crippen LogP contribution in [0.2, 0.25) is 0 Å². The molecule has 0 atom stereocenters. The van der Waals surface area contributed by atoms with Gasteiger partial charge < -0.3 is 14.7 Å². The first-order valence-electron chi connectivity index (χ1n) is 49.2. The highest BCUT2D eigenvalue weighted by Crippen LogP contribution is 2.52. The molecule has 680 valence electrons. The zero-order valence-corrected chi connectivity index (χ0v) is 80.3. The molecule has 10 heteroatoms. The maximum absolute atomic E-state index is 14.1. The molecule has 25 aromatic carbocycles.